The SMILES string of the molecule is O=C(N[C@@H](CO)Cc1ccccc1)c1ccc(-c2ncon2)cc1. The smallest absolute Gasteiger partial charge is 0.251 e. The lowest BCUT2D eigenvalue weighted by Crippen LogP contribution is -2.39. The number of aliphatic hydroxyl groups excluding tert-OH is 1. The first kappa shape index (κ1) is 15.9. The molecule has 122 valence electrons. The maximum Gasteiger partial charge on any atom is 0.251 e. The summed E-state index contributed by atoms with van der Waals surface area (Å²) < 4.78 is 4.70. The number of benzene rings is 2. The molecule has 6 heteroatoms. The van der Waals surface area contributed by atoms with E-state index >= 15 is 0 Å². The lowest BCUT2D eigenvalue weighted by atomic mass is 10.1. The molecule has 3 rings (SSSR count). The zero-order chi connectivity index (χ0) is 16.8. The summed E-state index contributed by atoms with van der Waals surface area (Å²) in [7, 11) is 0. The standard InChI is InChI=1S/C18H17N3O3/c22-11-16(10-13-4-2-1-3-5-13)20-18(23)15-8-6-14(7-9-15)17-19-12-24-21-17/h1-9,12,16,22H,10-11H2,(H,20,23)/t16-/m1/s1. The number of carbonyl (C=O) groups is 1. The van der Waals surface area contributed by atoms with Gasteiger partial charge in [0.2, 0.25) is 12.2 Å². The third-order valence-electron chi connectivity index (χ3n) is 3.65. The van der Waals surface area contributed by atoms with E-state index in [4.69, 9.17) is 4.52 Å². The van der Waals surface area contributed by atoms with Crippen LogP contribution in [0.2, 0.25) is 0 Å². The number of hydrogen-bond acceptors (Lipinski definition) is 5. The predicted molar refractivity (Wildman–Crippen MR) is 88.2 cm³/mol. The maximum atomic E-state index is 12.3. The summed E-state index contributed by atoms with van der Waals surface area (Å²) in [4.78, 5) is 16.3. The highest BCUT2D eigenvalue weighted by molar-refractivity contribution is 5.94. The molecule has 1 heterocycles. The summed E-state index contributed by atoms with van der Waals surface area (Å²) in [5.74, 6) is 0.240. The Morgan fingerprint density at radius 3 is 2.50 bits per heavy atom. The molecule has 1 aromatic heterocycles. The van der Waals surface area contributed by atoms with Crippen LogP contribution in [0.5, 0.6) is 0 Å². The van der Waals surface area contributed by atoms with Crippen LogP contribution in [0.3, 0.4) is 0 Å². The highest BCUT2D eigenvalue weighted by Crippen LogP contribution is 2.15. The molecule has 24 heavy (non-hydrogen) atoms. The van der Waals surface area contributed by atoms with Crippen LogP contribution >= 0.6 is 0 Å². The molecule has 0 aliphatic rings. The van der Waals surface area contributed by atoms with E-state index in [1.54, 1.807) is 24.3 Å². The molecule has 0 spiro atoms. The van der Waals surface area contributed by atoms with Gasteiger partial charge in [-0.05, 0) is 24.1 Å². The predicted octanol–water partition coefficient (Wildman–Crippen LogP) is 2.07. The van der Waals surface area contributed by atoms with Gasteiger partial charge >= 0.3 is 0 Å². The second-order valence-corrected chi connectivity index (χ2v) is 5.37. The van der Waals surface area contributed by atoms with Gasteiger partial charge in [-0.3, -0.25) is 4.79 Å². The van der Waals surface area contributed by atoms with Crippen molar-refractivity contribution in [2.45, 2.75) is 12.5 Å². The topological polar surface area (TPSA) is 88.2 Å². The molecule has 0 aliphatic carbocycles. The second-order valence-electron chi connectivity index (χ2n) is 5.37. The van der Waals surface area contributed by atoms with Gasteiger partial charge in [0, 0.05) is 11.1 Å². The van der Waals surface area contributed by atoms with Crippen molar-refractivity contribution in [1.82, 2.24) is 15.5 Å². The molecule has 2 N–H and O–H groups in total. The van der Waals surface area contributed by atoms with E-state index in [1.165, 1.54) is 6.39 Å². The lowest BCUT2D eigenvalue weighted by molar-refractivity contribution is 0.0916. The van der Waals surface area contributed by atoms with Crippen LogP contribution in [-0.4, -0.2) is 33.8 Å². The Labute approximate surface area is 139 Å². The first-order valence-electron chi connectivity index (χ1n) is 7.58. The largest absolute Gasteiger partial charge is 0.394 e. The van der Waals surface area contributed by atoms with Gasteiger partial charge in [-0.2, -0.15) is 4.98 Å². The molecule has 1 atom stereocenters. The van der Waals surface area contributed by atoms with Crippen LogP contribution in [0, 0.1) is 0 Å². The molecule has 0 saturated heterocycles. The van der Waals surface area contributed by atoms with Gasteiger partial charge in [0.25, 0.3) is 5.91 Å². The Kier molecular flexibility index (Phi) is 4.98. The summed E-state index contributed by atoms with van der Waals surface area (Å²) in [6.45, 7) is -0.123. The molecule has 0 radical (unpaired) electrons. The van der Waals surface area contributed by atoms with Crippen molar-refractivity contribution in [3.05, 3.63) is 72.1 Å². The van der Waals surface area contributed by atoms with Crippen LogP contribution in [-0.2, 0) is 6.42 Å². The van der Waals surface area contributed by atoms with Crippen molar-refractivity contribution < 1.29 is 14.4 Å². The highest BCUT2D eigenvalue weighted by atomic mass is 16.5. The van der Waals surface area contributed by atoms with Crippen LogP contribution in [0.4, 0.5) is 0 Å². The Morgan fingerprint density at radius 1 is 1.12 bits per heavy atom. The van der Waals surface area contributed by atoms with Crippen LogP contribution < -0.4 is 5.32 Å². The van der Waals surface area contributed by atoms with Gasteiger partial charge in [0.15, 0.2) is 0 Å². The molecule has 3 aromatic rings. The number of rotatable bonds is 6. The van der Waals surface area contributed by atoms with Crippen LogP contribution in [0.25, 0.3) is 11.4 Å². The first-order valence-corrected chi connectivity index (χ1v) is 7.58. The average Bonchev–Trinajstić information content (AvgIpc) is 3.17. The number of carbonyl (C=O) groups excluding carboxylic acids is 1. The molecular weight excluding hydrogens is 306 g/mol. The molecule has 1 amide bonds. The fourth-order valence-electron chi connectivity index (χ4n) is 2.40. The Bertz CT molecular complexity index is 771. The molecule has 0 saturated carbocycles. The number of nitrogens with one attached hydrogen (secondary N) is 1. The van der Waals surface area contributed by atoms with Crippen molar-refractivity contribution in [1.29, 1.82) is 0 Å². The van der Waals surface area contributed by atoms with E-state index in [1.807, 2.05) is 30.3 Å². The van der Waals surface area contributed by atoms with E-state index in [-0.39, 0.29) is 18.6 Å². The fraction of sp³-hybridized carbons (Fsp3) is 0.167. The Balaban J connectivity index is 1.65. The van der Waals surface area contributed by atoms with E-state index in [9.17, 15) is 9.90 Å². The van der Waals surface area contributed by atoms with Gasteiger partial charge in [-0.1, -0.05) is 47.6 Å². The van der Waals surface area contributed by atoms with Gasteiger partial charge in [0.05, 0.1) is 12.6 Å². The van der Waals surface area contributed by atoms with Crippen molar-refractivity contribution in [3.8, 4) is 11.4 Å². The lowest BCUT2D eigenvalue weighted by Gasteiger charge is -2.16. The zero-order valence-corrected chi connectivity index (χ0v) is 12.9. The first-order chi connectivity index (χ1) is 11.8. The molecule has 0 bridgehead atoms. The highest BCUT2D eigenvalue weighted by Gasteiger charge is 2.14. The van der Waals surface area contributed by atoms with Crippen molar-refractivity contribution in [2.24, 2.45) is 0 Å². The number of hydrogen-bond donors (Lipinski definition) is 2. The van der Waals surface area contributed by atoms with E-state index in [2.05, 4.69) is 15.5 Å². The van der Waals surface area contributed by atoms with E-state index in [0.717, 1.165) is 11.1 Å². The monoisotopic (exact) mass is 323 g/mol. The Hall–Kier alpha value is -2.99. The minimum atomic E-state index is -0.336. The zero-order valence-electron chi connectivity index (χ0n) is 12.9. The van der Waals surface area contributed by atoms with Gasteiger partial charge in [0.1, 0.15) is 0 Å². The molecule has 0 aliphatic heterocycles. The molecule has 2 aromatic carbocycles. The van der Waals surface area contributed by atoms with Crippen molar-refractivity contribution >= 4 is 5.91 Å². The summed E-state index contributed by atoms with van der Waals surface area (Å²) in [5.41, 5.74) is 2.33. The number of amides is 1. The van der Waals surface area contributed by atoms with E-state index in [0.29, 0.717) is 17.8 Å². The van der Waals surface area contributed by atoms with Gasteiger partial charge < -0.3 is 14.9 Å². The third kappa shape index (κ3) is 3.85. The molecule has 6 nitrogen and oxygen atoms in total. The molecule has 0 fully saturated rings. The maximum absolute atomic E-state index is 12.3. The average molecular weight is 323 g/mol. The third-order valence-corrected chi connectivity index (χ3v) is 3.65. The van der Waals surface area contributed by atoms with Crippen molar-refractivity contribution in [2.75, 3.05) is 6.61 Å². The number of aromatic nitrogens is 2. The number of aliphatic hydroxyl groups is 1. The number of nitrogens with zero attached hydrogens (tertiary/aromatic N) is 2. The summed E-state index contributed by atoms with van der Waals surface area (Å²) in [6, 6.07) is 16.3. The summed E-state index contributed by atoms with van der Waals surface area (Å²) >= 11 is 0. The minimum absolute atomic E-state index is 0.123. The van der Waals surface area contributed by atoms with Crippen molar-refractivity contribution in [3.63, 3.8) is 0 Å². The summed E-state index contributed by atoms with van der Waals surface area (Å²) in [6.07, 6.45) is 1.83. The van der Waals surface area contributed by atoms with E-state index < -0.39 is 0 Å². The normalized spacial score (nSPS) is 11.9. The van der Waals surface area contributed by atoms with Crippen LogP contribution in [0.1, 0.15) is 15.9 Å². The fourth-order valence-corrected chi connectivity index (χ4v) is 2.40. The van der Waals surface area contributed by atoms with Crippen LogP contribution in [0.15, 0.2) is 65.5 Å². The van der Waals surface area contributed by atoms with Gasteiger partial charge in [-0.15, -0.1) is 0 Å². The molecular formula is C18H17N3O3. The quantitative estimate of drug-likeness (QED) is 0.725. The minimum Gasteiger partial charge on any atom is -0.394 e. The Morgan fingerprint density at radius 2 is 1.88 bits per heavy atom. The second kappa shape index (κ2) is 7.52. The van der Waals surface area contributed by atoms with Gasteiger partial charge in [-0.25, -0.2) is 0 Å². The molecule has 0 unspecified atom stereocenters. The summed E-state index contributed by atoms with van der Waals surface area (Å²) in [5, 5.41) is 16.1.